The van der Waals surface area contributed by atoms with Crippen LogP contribution in [-0.2, 0) is 6.18 Å². The minimum atomic E-state index is -4.56. The van der Waals surface area contributed by atoms with Gasteiger partial charge in [0.2, 0.25) is 11.8 Å². The standard InChI is InChI=1S/C21H28F3N3O/c1-5-6-7-8-12-28-19-18(21(22,23)24)14-25-20(26-19)27(4)17-11-9-10-16(13-17)15(2)3/h9-11,13-15H,5-8,12H2,1-4H3. The van der Waals surface area contributed by atoms with Crippen molar-refractivity contribution in [2.75, 3.05) is 18.6 Å². The molecule has 0 aliphatic carbocycles. The number of halogens is 3. The highest BCUT2D eigenvalue weighted by molar-refractivity contribution is 5.58. The van der Waals surface area contributed by atoms with Crippen LogP contribution in [0.5, 0.6) is 5.88 Å². The van der Waals surface area contributed by atoms with Gasteiger partial charge in [0.25, 0.3) is 0 Å². The predicted octanol–water partition coefficient (Wildman–Crippen LogP) is 6.35. The molecule has 0 spiro atoms. The van der Waals surface area contributed by atoms with Gasteiger partial charge in [-0.3, -0.25) is 0 Å². The van der Waals surface area contributed by atoms with Crippen LogP contribution in [0.1, 0.15) is 63.5 Å². The zero-order chi connectivity index (χ0) is 20.7. The lowest BCUT2D eigenvalue weighted by Crippen LogP contribution is -2.17. The van der Waals surface area contributed by atoms with Crippen LogP contribution < -0.4 is 9.64 Å². The summed E-state index contributed by atoms with van der Waals surface area (Å²) in [5.41, 5.74) is 0.986. The first-order valence-electron chi connectivity index (χ1n) is 9.64. The summed E-state index contributed by atoms with van der Waals surface area (Å²) in [5.74, 6) is 0.0854. The van der Waals surface area contributed by atoms with Gasteiger partial charge in [0, 0.05) is 18.9 Å². The van der Waals surface area contributed by atoms with Crippen LogP contribution in [0, 0.1) is 0 Å². The predicted molar refractivity (Wildman–Crippen MR) is 105 cm³/mol. The summed E-state index contributed by atoms with van der Waals surface area (Å²) in [5, 5.41) is 0. The van der Waals surface area contributed by atoms with E-state index in [1.54, 1.807) is 11.9 Å². The second kappa shape index (κ2) is 9.75. The molecule has 154 valence electrons. The number of nitrogens with zero attached hydrogens (tertiary/aromatic N) is 3. The number of ether oxygens (including phenoxy) is 1. The van der Waals surface area contributed by atoms with Crippen molar-refractivity contribution in [2.45, 2.75) is 58.5 Å². The second-order valence-electron chi connectivity index (χ2n) is 7.10. The number of hydrogen-bond acceptors (Lipinski definition) is 4. The molecule has 7 heteroatoms. The van der Waals surface area contributed by atoms with E-state index in [9.17, 15) is 13.2 Å². The summed E-state index contributed by atoms with van der Waals surface area (Å²) in [6.07, 6.45) is -0.0838. The largest absolute Gasteiger partial charge is 0.477 e. The van der Waals surface area contributed by atoms with E-state index in [0.29, 0.717) is 12.3 Å². The van der Waals surface area contributed by atoms with Gasteiger partial charge in [0.1, 0.15) is 5.56 Å². The van der Waals surface area contributed by atoms with E-state index in [-0.39, 0.29) is 12.6 Å². The first-order valence-corrected chi connectivity index (χ1v) is 9.64. The molecule has 1 aromatic carbocycles. The molecule has 1 aromatic heterocycles. The first kappa shape index (κ1) is 22.0. The van der Waals surface area contributed by atoms with Crippen LogP contribution in [0.15, 0.2) is 30.5 Å². The van der Waals surface area contributed by atoms with Gasteiger partial charge in [0.15, 0.2) is 0 Å². The SMILES string of the molecule is CCCCCCOc1nc(N(C)c2cccc(C(C)C)c2)ncc1C(F)(F)F. The molecule has 0 aliphatic heterocycles. The Morgan fingerprint density at radius 1 is 1.14 bits per heavy atom. The fourth-order valence-electron chi connectivity index (χ4n) is 2.73. The topological polar surface area (TPSA) is 38.2 Å². The van der Waals surface area contributed by atoms with Crippen molar-refractivity contribution in [3.8, 4) is 5.88 Å². The monoisotopic (exact) mass is 395 g/mol. The zero-order valence-electron chi connectivity index (χ0n) is 16.9. The average Bonchev–Trinajstić information content (AvgIpc) is 2.66. The quantitative estimate of drug-likeness (QED) is 0.464. The molecule has 0 atom stereocenters. The summed E-state index contributed by atoms with van der Waals surface area (Å²) >= 11 is 0. The number of unbranched alkanes of at least 4 members (excludes halogenated alkanes) is 3. The van der Waals surface area contributed by atoms with Crippen LogP contribution in [0.4, 0.5) is 24.8 Å². The van der Waals surface area contributed by atoms with Gasteiger partial charge >= 0.3 is 6.18 Å². The Kier molecular flexibility index (Phi) is 7.66. The van der Waals surface area contributed by atoms with Crippen LogP contribution in [0.3, 0.4) is 0 Å². The molecule has 0 aliphatic rings. The Hall–Kier alpha value is -2.31. The molecule has 4 nitrogen and oxygen atoms in total. The number of aromatic nitrogens is 2. The van der Waals surface area contributed by atoms with Crippen LogP contribution >= 0.6 is 0 Å². The van der Waals surface area contributed by atoms with Gasteiger partial charge in [-0.2, -0.15) is 18.2 Å². The number of anilines is 2. The van der Waals surface area contributed by atoms with E-state index in [2.05, 4.69) is 30.7 Å². The normalized spacial score (nSPS) is 11.7. The molecule has 1 heterocycles. The molecular formula is C21H28F3N3O. The average molecular weight is 395 g/mol. The van der Waals surface area contributed by atoms with Gasteiger partial charge in [-0.25, -0.2) is 4.98 Å². The third-order valence-electron chi connectivity index (χ3n) is 4.51. The van der Waals surface area contributed by atoms with Gasteiger partial charge in [-0.15, -0.1) is 0 Å². The van der Waals surface area contributed by atoms with Gasteiger partial charge in [-0.1, -0.05) is 52.2 Å². The van der Waals surface area contributed by atoms with Gasteiger partial charge in [-0.05, 0) is 30.0 Å². The molecule has 0 N–H and O–H groups in total. The van der Waals surface area contributed by atoms with Crippen molar-refractivity contribution in [3.63, 3.8) is 0 Å². The Labute approximate surface area is 164 Å². The van der Waals surface area contributed by atoms with E-state index >= 15 is 0 Å². The maximum atomic E-state index is 13.3. The summed E-state index contributed by atoms with van der Waals surface area (Å²) < 4.78 is 45.3. The molecule has 2 aromatic rings. The second-order valence-corrected chi connectivity index (χ2v) is 7.10. The molecule has 28 heavy (non-hydrogen) atoms. The molecule has 0 saturated carbocycles. The van der Waals surface area contributed by atoms with Crippen LogP contribution in [0.25, 0.3) is 0 Å². The number of alkyl halides is 3. The Morgan fingerprint density at radius 2 is 1.89 bits per heavy atom. The minimum Gasteiger partial charge on any atom is -0.477 e. The summed E-state index contributed by atoms with van der Waals surface area (Å²) in [6, 6.07) is 7.78. The number of benzene rings is 1. The molecule has 2 rings (SSSR count). The third-order valence-corrected chi connectivity index (χ3v) is 4.51. The molecule has 0 saturated heterocycles. The van der Waals surface area contributed by atoms with E-state index in [4.69, 9.17) is 4.74 Å². The fourth-order valence-corrected chi connectivity index (χ4v) is 2.73. The molecule has 0 amide bonds. The summed E-state index contributed by atoms with van der Waals surface area (Å²) in [7, 11) is 1.73. The molecule has 0 unspecified atom stereocenters. The van der Waals surface area contributed by atoms with Crippen LogP contribution in [0.2, 0.25) is 0 Å². The van der Waals surface area contributed by atoms with Crippen molar-refractivity contribution >= 4 is 11.6 Å². The summed E-state index contributed by atoms with van der Waals surface area (Å²) in [4.78, 5) is 9.67. The number of rotatable bonds is 9. The van der Waals surface area contributed by atoms with Crippen molar-refractivity contribution in [2.24, 2.45) is 0 Å². The maximum Gasteiger partial charge on any atom is 0.423 e. The van der Waals surface area contributed by atoms with Crippen molar-refractivity contribution in [1.29, 1.82) is 0 Å². The van der Waals surface area contributed by atoms with Crippen molar-refractivity contribution < 1.29 is 17.9 Å². The first-order chi connectivity index (χ1) is 13.2. The Bertz CT molecular complexity index is 763. The molecular weight excluding hydrogens is 367 g/mol. The van der Waals surface area contributed by atoms with Crippen LogP contribution in [-0.4, -0.2) is 23.6 Å². The third kappa shape index (κ3) is 5.84. The Morgan fingerprint density at radius 3 is 2.54 bits per heavy atom. The fraction of sp³-hybridized carbons (Fsp3) is 0.524. The van der Waals surface area contributed by atoms with Crippen molar-refractivity contribution in [1.82, 2.24) is 9.97 Å². The minimum absolute atomic E-state index is 0.164. The lowest BCUT2D eigenvalue weighted by Gasteiger charge is -2.20. The lowest BCUT2D eigenvalue weighted by molar-refractivity contribution is -0.139. The highest BCUT2D eigenvalue weighted by Crippen LogP contribution is 2.36. The smallest absolute Gasteiger partial charge is 0.423 e. The molecule has 0 radical (unpaired) electrons. The van der Waals surface area contributed by atoms with E-state index in [1.807, 2.05) is 24.3 Å². The lowest BCUT2D eigenvalue weighted by atomic mass is 10.0. The molecule has 0 bridgehead atoms. The van der Waals surface area contributed by atoms with E-state index in [1.165, 1.54) is 0 Å². The highest BCUT2D eigenvalue weighted by Gasteiger charge is 2.36. The van der Waals surface area contributed by atoms with Crippen molar-refractivity contribution in [3.05, 3.63) is 41.6 Å². The van der Waals surface area contributed by atoms with Gasteiger partial charge in [0.05, 0.1) is 6.61 Å². The van der Waals surface area contributed by atoms with E-state index < -0.39 is 17.6 Å². The summed E-state index contributed by atoms with van der Waals surface area (Å²) in [6.45, 7) is 6.44. The number of hydrogen-bond donors (Lipinski definition) is 0. The Balaban J connectivity index is 2.27. The zero-order valence-corrected chi connectivity index (χ0v) is 16.9. The maximum absolute atomic E-state index is 13.3. The molecule has 0 fully saturated rings. The highest BCUT2D eigenvalue weighted by atomic mass is 19.4. The van der Waals surface area contributed by atoms with Gasteiger partial charge < -0.3 is 9.64 Å². The van der Waals surface area contributed by atoms with E-state index in [0.717, 1.165) is 36.7 Å².